The number of methoxy groups -OCH3 is 1. The highest BCUT2D eigenvalue weighted by atomic mass is 32.2. The maximum atomic E-state index is 13.4. The van der Waals surface area contributed by atoms with Crippen LogP contribution >= 0.6 is 0 Å². The molecule has 4 rings (SSSR count). The molecule has 0 bridgehead atoms. The van der Waals surface area contributed by atoms with Crippen LogP contribution in [0.15, 0.2) is 77.7 Å². The normalized spacial score (nSPS) is 15.2. The van der Waals surface area contributed by atoms with E-state index >= 15 is 0 Å². The molecule has 29 heavy (non-hydrogen) atoms. The molecule has 3 aromatic rings. The van der Waals surface area contributed by atoms with Crippen LogP contribution in [0.5, 0.6) is 5.75 Å². The lowest BCUT2D eigenvalue weighted by molar-refractivity contribution is 0.253. The van der Waals surface area contributed by atoms with Gasteiger partial charge in [0.2, 0.25) is 0 Å². The molecule has 6 nitrogen and oxygen atoms in total. The number of sulfonamides is 1. The number of urea groups is 1. The number of rotatable bonds is 4. The second-order valence-corrected chi connectivity index (χ2v) is 8.55. The third kappa shape index (κ3) is 3.34. The van der Waals surface area contributed by atoms with Crippen molar-refractivity contribution in [1.82, 2.24) is 0 Å². The van der Waals surface area contributed by atoms with Crippen molar-refractivity contribution >= 4 is 27.4 Å². The van der Waals surface area contributed by atoms with Crippen LogP contribution < -0.4 is 13.9 Å². The van der Waals surface area contributed by atoms with Crippen LogP contribution in [-0.4, -0.2) is 21.6 Å². The van der Waals surface area contributed by atoms with Gasteiger partial charge in [0.05, 0.1) is 25.0 Å². The van der Waals surface area contributed by atoms with Crippen molar-refractivity contribution in [3.63, 3.8) is 0 Å². The summed E-state index contributed by atoms with van der Waals surface area (Å²) in [6.45, 7) is 2.24. The molecular weight excluding hydrogens is 388 g/mol. The lowest BCUT2D eigenvalue weighted by atomic mass is 10.1. The number of ether oxygens (including phenoxy) is 1. The summed E-state index contributed by atoms with van der Waals surface area (Å²) in [5.41, 5.74) is 2.62. The number of anilines is 2. The first-order valence-electron chi connectivity index (χ1n) is 9.07. The fourth-order valence-corrected chi connectivity index (χ4v) is 4.91. The molecule has 7 heteroatoms. The van der Waals surface area contributed by atoms with Gasteiger partial charge in [-0.15, -0.1) is 0 Å². The standard InChI is InChI=1S/C22H20N2O4S/c1-16-10-12-17(13-11-16)15-23-20-8-3-4-9-21(20)29(26,27)24(22(23)25)18-6-5-7-19(14-18)28-2/h3-14H,15H2,1-2H3. The summed E-state index contributed by atoms with van der Waals surface area (Å²) in [6.07, 6.45) is 0. The van der Waals surface area contributed by atoms with E-state index in [1.807, 2.05) is 31.2 Å². The number of aryl methyl sites for hydroxylation is 1. The first-order chi connectivity index (χ1) is 13.9. The second-order valence-electron chi connectivity index (χ2n) is 6.79. The molecule has 1 heterocycles. The molecule has 2 amide bonds. The maximum Gasteiger partial charge on any atom is 0.343 e. The molecule has 0 unspecified atom stereocenters. The van der Waals surface area contributed by atoms with Gasteiger partial charge >= 0.3 is 6.03 Å². The predicted octanol–water partition coefficient (Wildman–Crippen LogP) is 4.34. The number of hydrogen-bond acceptors (Lipinski definition) is 4. The van der Waals surface area contributed by atoms with Crippen LogP contribution in [0.4, 0.5) is 16.2 Å². The average Bonchev–Trinajstić information content (AvgIpc) is 2.72. The first-order valence-corrected chi connectivity index (χ1v) is 10.5. The summed E-state index contributed by atoms with van der Waals surface area (Å²) in [5.74, 6) is 0.467. The largest absolute Gasteiger partial charge is 0.497 e. The van der Waals surface area contributed by atoms with Gasteiger partial charge in [-0.2, -0.15) is 4.31 Å². The van der Waals surface area contributed by atoms with Crippen LogP contribution in [0.3, 0.4) is 0 Å². The zero-order valence-electron chi connectivity index (χ0n) is 16.1. The topological polar surface area (TPSA) is 66.9 Å². The Morgan fingerprint density at radius 3 is 2.38 bits per heavy atom. The van der Waals surface area contributed by atoms with Gasteiger partial charge < -0.3 is 4.74 Å². The van der Waals surface area contributed by atoms with E-state index in [9.17, 15) is 13.2 Å². The molecule has 1 aliphatic heterocycles. The highest BCUT2D eigenvalue weighted by Crippen LogP contribution is 2.38. The van der Waals surface area contributed by atoms with Gasteiger partial charge in [-0.1, -0.05) is 48.0 Å². The van der Waals surface area contributed by atoms with Crippen molar-refractivity contribution in [3.8, 4) is 5.75 Å². The minimum Gasteiger partial charge on any atom is -0.497 e. The zero-order valence-corrected chi connectivity index (χ0v) is 16.9. The van der Waals surface area contributed by atoms with Crippen molar-refractivity contribution in [3.05, 3.63) is 83.9 Å². The van der Waals surface area contributed by atoms with E-state index in [2.05, 4.69) is 0 Å². The quantitative estimate of drug-likeness (QED) is 0.644. The zero-order chi connectivity index (χ0) is 20.6. The van der Waals surface area contributed by atoms with Gasteiger partial charge in [-0.25, -0.2) is 13.2 Å². The molecule has 148 valence electrons. The minimum atomic E-state index is -4.06. The van der Waals surface area contributed by atoms with Gasteiger partial charge in [-0.3, -0.25) is 4.90 Å². The Bertz CT molecular complexity index is 1170. The van der Waals surface area contributed by atoms with Crippen LogP contribution in [0.25, 0.3) is 0 Å². The molecule has 3 aromatic carbocycles. The number of carbonyl (C=O) groups is 1. The van der Waals surface area contributed by atoms with Gasteiger partial charge in [-0.05, 0) is 36.8 Å². The highest BCUT2D eigenvalue weighted by molar-refractivity contribution is 7.94. The number of carbonyl (C=O) groups excluding carboxylic acids is 1. The van der Waals surface area contributed by atoms with Crippen molar-refractivity contribution in [2.24, 2.45) is 0 Å². The Labute approximate surface area is 170 Å². The molecule has 0 atom stereocenters. The van der Waals surface area contributed by atoms with Gasteiger partial charge in [0.25, 0.3) is 10.0 Å². The Morgan fingerprint density at radius 1 is 0.931 bits per heavy atom. The molecule has 0 N–H and O–H groups in total. The molecule has 0 fully saturated rings. The summed E-state index contributed by atoms with van der Waals surface area (Å²) in [5, 5.41) is 0. The minimum absolute atomic E-state index is 0.0922. The molecule has 0 aromatic heterocycles. The van der Waals surface area contributed by atoms with Gasteiger partial charge in [0, 0.05) is 6.07 Å². The van der Waals surface area contributed by atoms with Crippen LogP contribution in [0.2, 0.25) is 0 Å². The highest BCUT2D eigenvalue weighted by Gasteiger charge is 2.42. The second kappa shape index (κ2) is 7.25. The van der Waals surface area contributed by atoms with Crippen LogP contribution in [-0.2, 0) is 16.6 Å². The Kier molecular flexibility index (Phi) is 4.76. The first kappa shape index (κ1) is 19.0. The van der Waals surface area contributed by atoms with E-state index < -0.39 is 16.1 Å². The van der Waals surface area contributed by atoms with Crippen molar-refractivity contribution < 1.29 is 17.9 Å². The summed E-state index contributed by atoms with van der Waals surface area (Å²) in [6, 6.07) is 20.2. The Balaban J connectivity index is 1.85. The third-order valence-electron chi connectivity index (χ3n) is 4.83. The van der Waals surface area contributed by atoms with Crippen molar-refractivity contribution in [2.75, 3.05) is 16.3 Å². The number of fused-ring (bicyclic) bond motifs is 1. The van der Waals surface area contributed by atoms with E-state index in [4.69, 9.17) is 4.74 Å². The van der Waals surface area contributed by atoms with E-state index in [0.717, 1.165) is 15.4 Å². The molecule has 0 spiro atoms. The van der Waals surface area contributed by atoms with Gasteiger partial charge in [0.15, 0.2) is 0 Å². The lowest BCUT2D eigenvalue weighted by Crippen LogP contribution is -2.50. The van der Waals surface area contributed by atoms with Crippen molar-refractivity contribution in [2.45, 2.75) is 18.4 Å². The number of nitrogens with zero attached hydrogens (tertiary/aromatic N) is 2. The SMILES string of the molecule is COc1cccc(N2C(=O)N(Cc3ccc(C)cc3)c3ccccc3S2(=O)=O)c1. The molecule has 1 aliphatic rings. The molecule has 0 saturated carbocycles. The maximum absolute atomic E-state index is 13.4. The summed E-state index contributed by atoms with van der Waals surface area (Å²) < 4.78 is 32.6. The summed E-state index contributed by atoms with van der Waals surface area (Å²) >= 11 is 0. The fraction of sp³-hybridized carbons (Fsp3) is 0.136. The monoisotopic (exact) mass is 408 g/mol. The molecule has 0 radical (unpaired) electrons. The number of para-hydroxylation sites is 1. The van der Waals surface area contributed by atoms with E-state index in [-0.39, 0.29) is 17.1 Å². The van der Waals surface area contributed by atoms with Crippen molar-refractivity contribution in [1.29, 1.82) is 0 Å². The molecule has 0 saturated heterocycles. The van der Waals surface area contributed by atoms with E-state index in [1.54, 1.807) is 36.4 Å². The summed E-state index contributed by atoms with van der Waals surface area (Å²) in [4.78, 5) is 15.0. The van der Waals surface area contributed by atoms with E-state index in [0.29, 0.717) is 11.4 Å². The fourth-order valence-electron chi connectivity index (χ4n) is 3.33. The molecular formula is C22H20N2O4S. The smallest absolute Gasteiger partial charge is 0.343 e. The number of benzene rings is 3. The lowest BCUT2D eigenvalue weighted by Gasteiger charge is -2.36. The average molecular weight is 408 g/mol. The number of hydrogen-bond donors (Lipinski definition) is 0. The molecule has 0 aliphatic carbocycles. The Morgan fingerprint density at radius 2 is 1.66 bits per heavy atom. The van der Waals surface area contributed by atoms with Gasteiger partial charge in [0.1, 0.15) is 10.6 Å². The predicted molar refractivity (Wildman–Crippen MR) is 112 cm³/mol. The van der Waals surface area contributed by atoms with Crippen LogP contribution in [0, 0.1) is 6.92 Å². The summed E-state index contributed by atoms with van der Waals surface area (Å²) in [7, 11) is -2.56. The van der Waals surface area contributed by atoms with E-state index in [1.165, 1.54) is 24.1 Å². The Hall–Kier alpha value is -3.32. The number of amides is 2. The van der Waals surface area contributed by atoms with Crippen LogP contribution in [0.1, 0.15) is 11.1 Å². The third-order valence-corrected chi connectivity index (χ3v) is 6.58.